The average Bonchev–Trinajstić information content (AvgIpc) is 3.06. The minimum absolute atomic E-state index is 0.0823. The Morgan fingerprint density at radius 2 is 2.00 bits per heavy atom. The SMILES string of the molecule is C1CC(NC2CC2)C1.Cc1ccc(C(=O)Nc2cnn(C)c2)s1. The summed E-state index contributed by atoms with van der Waals surface area (Å²) in [6, 6.07) is 5.61. The highest BCUT2D eigenvalue weighted by Crippen LogP contribution is 2.25. The standard InChI is InChI=1S/C10H11N3OS.C7H13N/c1-7-3-4-9(15-7)10(14)12-8-5-11-13(2)6-8;1-2-6(3-1)8-7-4-5-7/h3-6H,1-2H3,(H,12,14);6-8H,1-5H2. The van der Waals surface area contributed by atoms with Crippen LogP contribution < -0.4 is 10.6 Å². The van der Waals surface area contributed by atoms with Crippen LogP contribution in [0.2, 0.25) is 0 Å². The molecule has 0 spiro atoms. The maximum Gasteiger partial charge on any atom is 0.265 e. The van der Waals surface area contributed by atoms with E-state index in [1.807, 2.05) is 26.1 Å². The Bertz CT molecular complexity index is 655. The third-order valence-corrected chi connectivity index (χ3v) is 5.08. The number of aromatic nitrogens is 2. The quantitative estimate of drug-likeness (QED) is 0.903. The summed E-state index contributed by atoms with van der Waals surface area (Å²) in [6.07, 6.45) is 10.6. The predicted molar refractivity (Wildman–Crippen MR) is 94.0 cm³/mol. The fourth-order valence-corrected chi connectivity index (χ4v) is 3.16. The highest BCUT2D eigenvalue weighted by Gasteiger charge is 2.27. The van der Waals surface area contributed by atoms with Crippen LogP contribution in [0.5, 0.6) is 0 Å². The molecular formula is C17H24N4OS. The predicted octanol–water partition coefficient (Wildman–Crippen LogP) is 3.33. The maximum atomic E-state index is 11.7. The van der Waals surface area contributed by atoms with E-state index in [0.717, 1.165) is 21.8 Å². The maximum absolute atomic E-state index is 11.7. The van der Waals surface area contributed by atoms with Crippen molar-refractivity contribution >= 4 is 22.9 Å². The smallest absolute Gasteiger partial charge is 0.265 e. The van der Waals surface area contributed by atoms with Crippen molar-refractivity contribution in [3.8, 4) is 0 Å². The van der Waals surface area contributed by atoms with Crippen molar-refractivity contribution < 1.29 is 4.79 Å². The molecule has 2 aromatic rings. The van der Waals surface area contributed by atoms with E-state index < -0.39 is 0 Å². The van der Waals surface area contributed by atoms with Crippen LogP contribution in [-0.2, 0) is 7.05 Å². The lowest BCUT2D eigenvalue weighted by atomic mass is 9.93. The van der Waals surface area contributed by atoms with Crippen molar-refractivity contribution in [3.63, 3.8) is 0 Å². The molecule has 5 nitrogen and oxygen atoms in total. The number of rotatable bonds is 4. The lowest BCUT2D eigenvalue weighted by Crippen LogP contribution is -2.36. The number of carbonyl (C=O) groups is 1. The normalized spacial score (nSPS) is 17.1. The van der Waals surface area contributed by atoms with Gasteiger partial charge in [-0.25, -0.2) is 0 Å². The van der Waals surface area contributed by atoms with Crippen LogP contribution in [-0.4, -0.2) is 27.8 Å². The van der Waals surface area contributed by atoms with Crippen LogP contribution >= 0.6 is 11.3 Å². The molecule has 4 rings (SSSR count). The number of hydrogen-bond acceptors (Lipinski definition) is 4. The van der Waals surface area contributed by atoms with Crippen LogP contribution in [0, 0.1) is 6.92 Å². The number of amides is 1. The van der Waals surface area contributed by atoms with E-state index in [1.54, 1.807) is 17.1 Å². The van der Waals surface area contributed by atoms with E-state index in [0.29, 0.717) is 5.69 Å². The van der Waals surface area contributed by atoms with E-state index in [4.69, 9.17) is 0 Å². The minimum Gasteiger partial charge on any atom is -0.319 e. The number of aryl methyl sites for hydroxylation is 2. The molecular weight excluding hydrogens is 308 g/mol. The number of nitrogens with one attached hydrogen (secondary N) is 2. The zero-order valence-electron chi connectivity index (χ0n) is 13.7. The third kappa shape index (κ3) is 4.91. The second-order valence-electron chi connectivity index (χ2n) is 6.34. The molecule has 2 fully saturated rings. The topological polar surface area (TPSA) is 59.0 Å². The van der Waals surface area contributed by atoms with E-state index in [-0.39, 0.29) is 5.91 Å². The van der Waals surface area contributed by atoms with Gasteiger partial charge in [0.05, 0.1) is 16.8 Å². The summed E-state index contributed by atoms with van der Waals surface area (Å²) in [5.41, 5.74) is 0.716. The zero-order valence-corrected chi connectivity index (χ0v) is 14.5. The summed E-state index contributed by atoms with van der Waals surface area (Å²) in [5.74, 6) is -0.0823. The molecule has 0 unspecified atom stereocenters. The Labute approximate surface area is 141 Å². The van der Waals surface area contributed by atoms with Gasteiger partial charge in [-0.15, -0.1) is 11.3 Å². The summed E-state index contributed by atoms with van der Waals surface area (Å²) in [7, 11) is 1.81. The number of carbonyl (C=O) groups excluding carboxylic acids is 1. The first kappa shape index (κ1) is 16.2. The summed E-state index contributed by atoms with van der Waals surface area (Å²) in [4.78, 5) is 13.5. The molecule has 0 aromatic carbocycles. The molecule has 2 aliphatic rings. The molecule has 0 aliphatic heterocycles. The van der Waals surface area contributed by atoms with Crippen LogP contribution in [0.3, 0.4) is 0 Å². The van der Waals surface area contributed by atoms with Crippen molar-refractivity contribution in [3.05, 3.63) is 34.3 Å². The molecule has 0 saturated heterocycles. The van der Waals surface area contributed by atoms with E-state index in [1.165, 1.54) is 43.4 Å². The van der Waals surface area contributed by atoms with Crippen LogP contribution in [0.4, 0.5) is 5.69 Å². The molecule has 0 radical (unpaired) electrons. The lowest BCUT2D eigenvalue weighted by molar-refractivity contribution is 0.103. The minimum atomic E-state index is -0.0823. The van der Waals surface area contributed by atoms with Crippen molar-refractivity contribution in [1.29, 1.82) is 0 Å². The first-order chi connectivity index (χ1) is 11.1. The Balaban J connectivity index is 0.000000162. The van der Waals surface area contributed by atoms with Gasteiger partial charge in [-0.05, 0) is 44.7 Å². The Hall–Kier alpha value is -1.66. The van der Waals surface area contributed by atoms with Gasteiger partial charge in [0, 0.05) is 30.2 Å². The Kier molecular flexibility index (Phi) is 5.13. The lowest BCUT2D eigenvalue weighted by Gasteiger charge is -2.26. The van der Waals surface area contributed by atoms with Gasteiger partial charge in [0.1, 0.15) is 0 Å². The summed E-state index contributed by atoms with van der Waals surface area (Å²) in [6.45, 7) is 1.98. The van der Waals surface area contributed by atoms with Crippen LogP contribution in [0.1, 0.15) is 46.7 Å². The van der Waals surface area contributed by atoms with Gasteiger partial charge in [-0.2, -0.15) is 5.10 Å². The molecule has 2 aromatic heterocycles. The second-order valence-corrected chi connectivity index (χ2v) is 7.62. The average molecular weight is 332 g/mol. The van der Waals surface area contributed by atoms with Gasteiger partial charge < -0.3 is 10.6 Å². The third-order valence-electron chi connectivity index (χ3n) is 4.08. The fraction of sp³-hybridized carbons (Fsp3) is 0.529. The molecule has 2 N–H and O–H groups in total. The number of hydrogen-bond donors (Lipinski definition) is 2. The second kappa shape index (κ2) is 7.27. The van der Waals surface area contributed by atoms with Crippen LogP contribution in [0.25, 0.3) is 0 Å². The Morgan fingerprint density at radius 1 is 1.26 bits per heavy atom. The Morgan fingerprint density at radius 3 is 2.48 bits per heavy atom. The van der Waals surface area contributed by atoms with Gasteiger partial charge in [-0.3, -0.25) is 9.48 Å². The molecule has 0 bridgehead atoms. The first-order valence-electron chi connectivity index (χ1n) is 8.22. The molecule has 2 aliphatic carbocycles. The molecule has 6 heteroatoms. The first-order valence-corrected chi connectivity index (χ1v) is 9.04. The van der Waals surface area contributed by atoms with Gasteiger partial charge in [0.2, 0.25) is 0 Å². The molecule has 0 atom stereocenters. The van der Waals surface area contributed by atoms with Crippen molar-refractivity contribution in [2.45, 2.75) is 51.1 Å². The molecule has 2 saturated carbocycles. The summed E-state index contributed by atoms with van der Waals surface area (Å²) >= 11 is 1.48. The van der Waals surface area contributed by atoms with Gasteiger partial charge in [0.25, 0.3) is 5.91 Å². The highest BCUT2D eigenvalue weighted by molar-refractivity contribution is 7.14. The van der Waals surface area contributed by atoms with Crippen molar-refractivity contribution in [1.82, 2.24) is 15.1 Å². The molecule has 23 heavy (non-hydrogen) atoms. The number of anilines is 1. The molecule has 1 amide bonds. The zero-order chi connectivity index (χ0) is 16.2. The van der Waals surface area contributed by atoms with Gasteiger partial charge in [-0.1, -0.05) is 6.42 Å². The van der Waals surface area contributed by atoms with Crippen molar-refractivity contribution in [2.24, 2.45) is 7.05 Å². The van der Waals surface area contributed by atoms with Gasteiger partial charge >= 0.3 is 0 Å². The van der Waals surface area contributed by atoms with Crippen LogP contribution in [0.15, 0.2) is 24.5 Å². The molecule has 124 valence electrons. The fourth-order valence-electron chi connectivity index (χ4n) is 2.39. The summed E-state index contributed by atoms with van der Waals surface area (Å²) in [5, 5.41) is 10.3. The number of nitrogens with zero attached hydrogens (tertiary/aromatic N) is 2. The van der Waals surface area contributed by atoms with E-state index in [2.05, 4.69) is 15.7 Å². The largest absolute Gasteiger partial charge is 0.319 e. The molecule has 2 heterocycles. The number of thiophene rings is 1. The van der Waals surface area contributed by atoms with E-state index >= 15 is 0 Å². The monoisotopic (exact) mass is 332 g/mol. The summed E-state index contributed by atoms with van der Waals surface area (Å²) < 4.78 is 1.65. The van der Waals surface area contributed by atoms with Gasteiger partial charge in [0.15, 0.2) is 0 Å². The van der Waals surface area contributed by atoms with E-state index in [9.17, 15) is 4.79 Å². The van der Waals surface area contributed by atoms with Crippen molar-refractivity contribution in [2.75, 3.05) is 5.32 Å². The highest BCUT2D eigenvalue weighted by atomic mass is 32.1.